The predicted octanol–water partition coefficient (Wildman–Crippen LogP) is 2.48. The average Bonchev–Trinajstić information content (AvgIpc) is 2.41. The van der Waals surface area contributed by atoms with Gasteiger partial charge in [0.2, 0.25) is 0 Å². The van der Waals surface area contributed by atoms with Crippen LogP contribution in [0.25, 0.3) is 0 Å². The van der Waals surface area contributed by atoms with E-state index in [9.17, 15) is 13.6 Å². The molecule has 1 aromatic carbocycles. The van der Waals surface area contributed by atoms with Crippen LogP contribution in [0.3, 0.4) is 0 Å². The van der Waals surface area contributed by atoms with E-state index < -0.39 is 17.5 Å². The number of carbonyl (C=O) groups is 1. The van der Waals surface area contributed by atoms with E-state index in [1.807, 2.05) is 0 Å². The third kappa shape index (κ3) is 5.13. The molecule has 0 fully saturated rings. The number of hydrogen-bond donors (Lipinski definition) is 2. The molecule has 0 spiro atoms. The molecule has 0 heterocycles. The van der Waals surface area contributed by atoms with Crippen molar-refractivity contribution >= 4 is 11.6 Å². The lowest BCUT2D eigenvalue weighted by molar-refractivity contribution is 0.0936. The number of hydrogen-bond acceptors (Lipinski definition) is 3. The molecule has 0 bridgehead atoms. The van der Waals surface area contributed by atoms with E-state index in [0.29, 0.717) is 26.2 Å². The Balaban J connectivity index is 2.36. The van der Waals surface area contributed by atoms with Gasteiger partial charge in [-0.15, -0.1) is 0 Å². The second kappa shape index (κ2) is 8.47. The van der Waals surface area contributed by atoms with Gasteiger partial charge in [-0.3, -0.25) is 4.79 Å². The molecule has 20 heavy (non-hydrogen) atoms. The van der Waals surface area contributed by atoms with Crippen molar-refractivity contribution < 1.29 is 18.3 Å². The largest absolute Gasteiger partial charge is 0.396 e. The van der Waals surface area contributed by atoms with Gasteiger partial charge in [-0.25, -0.2) is 8.78 Å². The van der Waals surface area contributed by atoms with Crippen LogP contribution in [-0.2, 0) is 4.74 Å². The molecule has 1 aromatic rings. The zero-order valence-electron chi connectivity index (χ0n) is 11.5. The molecule has 4 nitrogen and oxygen atoms in total. The van der Waals surface area contributed by atoms with Gasteiger partial charge in [0, 0.05) is 19.8 Å². The van der Waals surface area contributed by atoms with Crippen LogP contribution in [0.4, 0.5) is 14.5 Å². The van der Waals surface area contributed by atoms with Crippen molar-refractivity contribution in [3.05, 3.63) is 29.3 Å². The predicted molar refractivity (Wildman–Crippen MR) is 73.4 cm³/mol. The Kier molecular flexibility index (Phi) is 6.93. The summed E-state index contributed by atoms with van der Waals surface area (Å²) >= 11 is 0. The summed E-state index contributed by atoms with van der Waals surface area (Å²) in [6.07, 6.45) is 2.68. The van der Waals surface area contributed by atoms with Gasteiger partial charge in [-0.05, 0) is 25.0 Å². The fraction of sp³-hybridized carbons (Fsp3) is 0.500. The van der Waals surface area contributed by atoms with Gasteiger partial charge < -0.3 is 15.8 Å². The van der Waals surface area contributed by atoms with Gasteiger partial charge in [0.05, 0.1) is 11.3 Å². The highest BCUT2D eigenvalue weighted by Crippen LogP contribution is 2.17. The minimum absolute atomic E-state index is 0.334. The van der Waals surface area contributed by atoms with E-state index in [2.05, 4.69) is 12.2 Å². The molecule has 0 aliphatic carbocycles. The molecule has 3 N–H and O–H groups in total. The normalized spacial score (nSPS) is 10.6. The topological polar surface area (TPSA) is 64.3 Å². The molecule has 112 valence electrons. The first-order valence-corrected chi connectivity index (χ1v) is 6.66. The molecule has 0 aromatic heterocycles. The molecule has 0 atom stereocenters. The van der Waals surface area contributed by atoms with E-state index in [1.165, 1.54) is 0 Å². The van der Waals surface area contributed by atoms with Crippen LogP contribution in [0.5, 0.6) is 0 Å². The fourth-order valence-corrected chi connectivity index (χ4v) is 1.60. The van der Waals surface area contributed by atoms with Crippen LogP contribution >= 0.6 is 0 Å². The Bertz CT molecular complexity index is 453. The number of rotatable bonds is 8. The molecule has 0 radical (unpaired) electrons. The highest BCUT2D eigenvalue weighted by molar-refractivity contribution is 5.95. The second-order valence-corrected chi connectivity index (χ2v) is 4.43. The van der Waals surface area contributed by atoms with Crippen LogP contribution in [0.2, 0.25) is 0 Å². The standard InChI is InChI=1S/C14H20F2N2O2/c1-2-3-6-20-7-4-5-18-14(19)11-8-10(15)9-12(17)13(11)16/h8-9H,2-7,17H2,1H3,(H,18,19). The summed E-state index contributed by atoms with van der Waals surface area (Å²) in [6.45, 7) is 3.62. The minimum Gasteiger partial charge on any atom is -0.396 e. The van der Waals surface area contributed by atoms with Crippen molar-refractivity contribution in [2.45, 2.75) is 26.2 Å². The number of unbranched alkanes of at least 4 members (excludes halogenated alkanes) is 1. The first kappa shape index (κ1) is 16.4. The van der Waals surface area contributed by atoms with E-state index in [4.69, 9.17) is 10.5 Å². The summed E-state index contributed by atoms with van der Waals surface area (Å²) in [6, 6.07) is 1.67. The number of carbonyl (C=O) groups excluding carboxylic acids is 1. The highest BCUT2D eigenvalue weighted by Gasteiger charge is 2.15. The van der Waals surface area contributed by atoms with Gasteiger partial charge in [0.25, 0.3) is 5.91 Å². The van der Waals surface area contributed by atoms with Crippen LogP contribution in [-0.4, -0.2) is 25.7 Å². The Hall–Kier alpha value is -1.69. The molecule has 0 unspecified atom stereocenters. The molecule has 0 aliphatic heterocycles. The lowest BCUT2D eigenvalue weighted by Crippen LogP contribution is -2.26. The molecule has 1 rings (SSSR count). The summed E-state index contributed by atoms with van der Waals surface area (Å²) in [4.78, 5) is 11.7. The molecule has 1 amide bonds. The van der Waals surface area contributed by atoms with Crippen molar-refractivity contribution in [3.8, 4) is 0 Å². The van der Waals surface area contributed by atoms with Gasteiger partial charge in [0.1, 0.15) is 5.82 Å². The molecular weight excluding hydrogens is 266 g/mol. The maximum atomic E-state index is 13.6. The first-order chi connectivity index (χ1) is 9.56. The minimum atomic E-state index is -0.900. The number of nitrogen functional groups attached to an aromatic ring is 1. The van der Waals surface area contributed by atoms with Crippen LogP contribution in [0.1, 0.15) is 36.5 Å². The zero-order valence-corrected chi connectivity index (χ0v) is 11.5. The quantitative estimate of drug-likeness (QED) is 0.570. The number of ether oxygens (including phenoxy) is 1. The lowest BCUT2D eigenvalue weighted by atomic mass is 10.1. The smallest absolute Gasteiger partial charge is 0.254 e. The number of nitrogens with two attached hydrogens (primary N) is 1. The molecule has 0 aliphatic rings. The summed E-state index contributed by atoms with van der Waals surface area (Å²) < 4.78 is 32.0. The maximum Gasteiger partial charge on any atom is 0.254 e. The second-order valence-electron chi connectivity index (χ2n) is 4.43. The van der Waals surface area contributed by atoms with E-state index in [-0.39, 0.29) is 11.3 Å². The van der Waals surface area contributed by atoms with Crippen molar-refractivity contribution in [1.29, 1.82) is 0 Å². The number of amides is 1. The zero-order chi connectivity index (χ0) is 15.0. The number of nitrogens with one attached hydrogen (secondary N) is 1. The molecule has 0 saturated carbocycles. The molecule has 6 heteroatoms. The van der Waals surface area contributed by atoms with Gasteiger partial charge in [-0.2, -0.15) is 0 Å². The SMILES string of the molecule is CCCCOCCCNC(=O)c1cc(F)cc(N)c1F. The summed E-state index contributed by atoms with van der Waals surface area (Å²) in [5.74, 6) is -2.32. The highest BCUT2D eigenvalue weighted by atomic mass is 19.1. The average molecular weight is 286 g/mol. The van der Waals surface area contributed by atoms with Crippen LogP contribution in [0, 0.1) is 11.6 Å². The van der Waals surface area contributed by atoms with Crippen molar-refractivity contribution in [2.24, 2.45) is 0 Å². The summed E-state index contributed by atoms with van der Waals surface area (Å²) in [5.41, 5.74) is 4.51. The van der Waals surface area contributed by atoms with Crippen LogP contribution < -0.4 is 11.1 Å². The van der Waals surface area contributed by atoms with E-state index >= 15 is 0 Å². The van der Waals surface area contributed by atoms with Crippen molar-refractivity contribution in [3.63, 3.8) is 0 Å². The van der Waals surface area contributed by atoms with Crippen molar-refractivity contribution in [1.82, 2.24) is 5.32 Å². The van der Waals surface area contributed by atoms with Gasteiger partial charge >= 0.3 is 0 Å². The lowest BCUT2D eigenvalue weighted by Gasteiger charge is -2.08. The molecule has 0 saturated heterocycles. The summed E-state index contributed by atoms with van der Waals surface area (Å²) in [7, 11) is 0. The Morgan fingerprint density at radius 1 is 1.30 bits per heavy atom. The summed E-state index contributed by atoms with van der Waals surface area (Å²) in [5, 5.41) is 2.50. The van der Waals surface area contributed by atoms with Gasteiger partial charge in [0.15, 0.2) is 5.82 Å². The number of benzene rings is 1. The maximum absolute atomic E-state index is 13.6. The Morgan fingerprint density at radius 2 is 2.00 bits per heavy atom. The monoisotopic (exact) mass is 286 g/mol. The third-order valence-electron chi connectivity index (χ3n) is 2.70. The van der Waals surface area contributed by atoms with Crippen molar-refractivity contribution in [2.75, 3.05) is 25.5 Å². The number of halogens is 2. The van der Waals surface area contributed by atoms with E-state index in [1.54, 1.807) is 0 Å². The van der Waals surface area contributed by atoms with Crippen LogP contribution in [0.15, 0.2) is 12.1 Å². The Labute approximate surface area is 117 Å². The number of anilines is 1. The third-order valence-corrected chi connectivity index (χ3v) is 2.70. The fourth-order valence-electron chi connectivity index (χ4n) is 1.60. The molecular formula is C14H20F2N2O2. The Morgan fingerprint density at radius 3 is 2.70 bits per heavy atom. The van der Waals surface area contributed by atoms with E-state index in [0.717, 1.165) is 25.0 Å². The first-order valence-electron chi connectivity index (χ1n) is 6.66. The van der Waals surface area contributed by atoms with Gasteiger partial charge in [-0.1, -0.05) is 13.3 Å².